The van der Waals surface area contributed by atoms with Crippen molar-refractivity contribution in [2.45, 2.75) is 20.3 Å². The van der Waals surface area contributed by atoms with Crippen molar-refractivity contribution in [2.75, 3.05) is 6.54 Å². The van der Waals surface area contributed by atoms with Gasteiger partial charge in [0.05, 0.1) is 5.69 Å². The zero-order valence-corrected chi connectivity index (χ0v) is 8.27. The number of aromatic nitrogens is 1. The van der Waals surface area contributed by atoms with Crippen LogP contribution in [0.2, 0.25) is 0 Å². The van der Waals surface area contributed by atoms with Gasteiger partial charge >= 0.3 is 0 Å². The number of hydrogen-bond acceptors (Lipinski definition) is 2. The molecular formula is C11H16N2. The molecule has 70 valence electrons. The Balaban J connectivity index is 2.41. The summed E-state index contributed by atoms with van der Waals surface area (Å²) in [4.78, 5) is 8.48. The largest absolute Gasteiger partial charge is 0.291 e. The van der Waals surface area contributed by atoms with E-state index in [-0.39, 0.29) is 0 Å². The molecule has 0 spiro atoms. The molecule has 1 aromatic heterocycles. The van der Waals surface area contributed by atoms with E-state index in [4.69, 9.17) is 0 Å². The predicted molar refractivity (Wildman–Crippen MR) is 56.2 cm³/mol. The first kappa shape index (κ1) is 9.90. The molecule has 0 radical (unpaired) electrons. The smallest absolute Gasteiger partial charge is 0.0807 e. The number of rotatable bonds is 4. The Bertz CT molecular complexity index is 254. The van der Waals surface area contributed by atoms with E-state index in [1.165, 1.54) is 6.42 Å². The van der Waals surface area contributed by atoms with Crippen molar-refractivity contribution in [1.29, 1.82) is 0 Å². The molecule has 1 atom stereocenters. The zero-order valence-electron chi connectivity index (χ0n) is 8.27. The minimum Gasteiger partial charge on any atom is -0.291 e. The second-order valence-corrected chi connectivity index (χ2v) is 3.26. The Kier molecular flexibility index (Phi) is 4.16. The van der Waals surface area contributed by atoms with E-state index in [9.17, 15) is 0 Å². The summed E-state index contributed by atoms with van der Waals surface area (Å²) >= 11 is 0. The Morgan fingerprint density at radius 3 is 3.00 bits per heavy atom. The van der Waals surface area contributed by atoms with Crippen molar-refractivity contribution in [3.8, 4) is 0 Å². The highest BCUT2D eigenvalue weighted by Gasteiger charge is 1.94. The van der Waals surface area contributed by atoms with Crippen LogP contribution in [0.1, 0.15) is 26.0 Å². The zero-order chi connectivity index (χ0) is 9.52. The Morgan fingerprint density at radius 1 is 1.54 bits per heavy atom. The van der Waals surface area contributed by atoms with Gasteiger partial charge in [0.25, 0.3) is 0 Å². The summed E-state index contributed by atoms with van der Waals surface area (Å²) in [7, 11) is 0. The minimum atomic E-state index is 0.667. The topological polar surface area (TPSA) is 25.2 Å². The summed E-state index contributed by atoms with van der Waals surface area (Å²) in [6.07, 6.45) is 4.80. The van der Waals surface area contributed by atoms with Gasteiger partial charge in [0, 0.05) is 19.0 Å². The van der Waals surface area contributed by atoms with E-state index in [2.05, 4.69) is 23.8 Å². The fourth-order valence-corrected chi connectivity index (χ4v) is 0.908. The molecule has 1 rings (SSSR count). The van der Waals surface area contributed by atoms with Crippen molar-refractivity contribution in [3.05, 3.63) is 30.1 Å². The van der Waals surface area contributed by atoms with E-state index in [1.54, 1.807) is 6.20 Å². The quantitative estimate of drug-likeness (QED) is 0.647. The maximum absolute atomic E-state index is 4.32. The van der Waals surface area contributed by atoms with Crippen LogP contribution in [-0.4, -0.2) is 17.7 Å². The lowest BCUT2D eigenvalue weighted by Gasteiger charge is -2.01. The van der Waals surface area contributed by atoms with Gasteiger partial charge in [-0.15, -0.1) is 0 Å². The van der Waals surface area contributed by atoms with Gasteiger partial charge in [0.1, 0.15) is 0 Å². The van der Waals surface area contributed by atoms with Crippen LogP contribution in [0.4, 0.5) is 0 Å². The predicted octanol–water partition coefficient (Wildman–Crippen LogP) is 2.55. The molecule has 0 aliphatic heterocycles. The Morgan fingerprint density at radius 2 is 2.38 bits per heavy atom. The molecule has 0 fully saturated rings. The van der Waals surface area contributed by atoms with Crippen molar-refractivity contribution in [1.82, 2.24) is 4.98 Å². The lowest BCUT2D eigenvalue weighted by molar-refractivity contribution is 0.578. The second-order valence-electron chi connectivity index (χ2n) is 3.26. The van der Waals surface area contributed by atoms with Crippen molar-refractivity contribution < 1.29 is 0 Å². The summed E-state index contributed by atoms with van der Waals surface area (Å²) < 4.78 is 0. The molecule has 1 aromatic rings. The van der Waals surface area contributed by atoms with Crippen LogP contribution in [0.5, 0.6) is 0 Å². The average molecular weight is 176 g/mol. The molecule has 0 aliphatic carbocycles. The standard InChI is InChI=1S/C11H16N2/c1-3-10(2)8-12-9-11-6-4-5-7-13-11/h4-7,9-10H,3,8H2,1-2H3/t10-/m1/s1. The highest BCUT2D eigenvalue weighted by molar-refractivity contribution is 5.76. The molecule has 0 saturated heterocycles. The van der Waals surface area contributed by atoms with Crippen LogP contribution >= 0.6 is 0 Å². The molecule has 0 bridgehead atoms. The van der Waals surface area contributed by atoms with E-state index < -0.39 is 0 Å². The van der Waals surface area contributed by atoms with Crippen molar-refractivity contribution >= 4 is 6.21 Å². The first-order valence-corrected chi connectivity index (χ1v) is 4.73. The highest BCUT2D eigenvalue weighted by atomic mass is 14.7. The summed E-state index contributed by atoms with van der Waals surface area (Å²) in [5.41, 5.74) is 0.936. The minimum absolute atomic E-state index is 0.667. The number of pyridine rings is 1. The fourth-order valence-electron chi connectivity index (χ4n) is 0.908. The maximum atomic E-state index is 4.32. The molecular weight excluding hydrogens is 160 g/mol. The molecule has 0 unspecified atom stereocenters. The summed E-state index contributed by atoms with van der Waals surface area (Å²) in [6, 6.07) is 5.84. The van der Waals surface area contributed by atoms with Crippen LogP contribution in [-0.2, 0) is 0 Å². The first-order chi connectivity index (χ1) is 6.33. The summed E-state index contributed by atoms with van der Waals surface area (Å²) in [6.45, 7) is 5.28. The van der Waals surface area contributed by atoms with E-state index in [1.807, 2.05) is 24.4 Å². The first-order valence-electron chi connectivity index (χ1n) is 4.73. The van der Waals surface area contributed by atoms with Crippen LogP contribution in [0.3, 0.4) is 0 Å². The van der Waals surface area contributed by atoms with Crippen LogP contribution in [0.15, 0.2) is 29.4 Å². The third kappa shape index (κ3) is 3.83. The average Bonchev–Trinajstić information content (AvgIpc) is 2.19. The summed E-state index contributed by atoms with van der Waals surface area (Å²) in [5, 5.41) is 0. The van der Waals surface area contributed by atoms with Gasteiger partial charge in [0.15, 0.2) is 0 Å². The monoisotopic (exact) mass is 176 g/mol. The third-order valence-corrected chi connectivity index (χ3v) is 2.03. The van der Waals surface area contributed by atoms with E-state index in [0.29, 0.717) is 5.92 Å². The lowest BCUT2D eigenvalue weighted by Crippen LogP contribution is -1.97. The number of nitrogens with zero attached hydrogens (tertiary/aromatic N) is 2. The van der Waals surface area contributed by atoms with E-state index in [0.717, 1.165) is 12.2 Å². The lowest BCUT2D eigenvalue weighted by atomic mass is 10.1. The molecule has 2 nitrogen and oxygen atoms in total. The highest BCUT2D eigenvalue weighted by Crippen LogP contribution is 2.00. The Hall–Kier alpha value is -1.18. The van der Waals surface area contributed by atoms with E-state index >= 15 is 0 Å². The fraction of sp³-hybridized carbons (Fsp3) is 0.455. The molecule has 13 heavy (non-hydrogen) atoms. The number of aliphatic imine (C=N–C) groups is 1. The van der Waals surface area contributed by atoms with Gasteiger partial charge < -0.3 is 0 Å². The molecule has 0 aromatic carbocycles. The molecule has 0 N–H and O–H groups in total. The molecule has 2 heteroatoms. The normalized spacial score (nSPS) is 13.4. The van der Waals surface area contributed by atoms with Gasteiger partial charge in [-0.05, 0) is 18.1 Å². The molecule has 0 saturated carbocycles. The third-order valence-electron chi connectivity index (χ3n) is 2.03. The van der Waals surface area contributed by atoms with Crippen LogP contribution in [0.25, 0.3) is 0 Å². The van der Waals surface area contributed by atoms with Crippen molar-refractivity contribution in [2.24, 2.45) is 10.9 Å². The van der Waals surface area contributed by atoms with Gasteiger partial charge in [-0.2, -0.15) is 0 Å². The SMILES string of the molecule is CC[C@@H](C)CN=Cc1ccccn1. The van der Waals surface area contributed by atoms with Gasteiger partial charge in [-0.3, -0.25) is 9.98 Å². The van der Waals surface area contributed by atoms with Gasteiger partial charge in [0.2, 0.25) is 0 Å². The number of hydrogen-bond donors (Lipinski definition) is 0. The van der Waals surface area contributed by atoms with Gasteiger partial charge in [-0.25, -0.2) is 0 Å². The van der Waals surface area contributed by atoms with Gasteiger partial charge in [-0.1, -0.05) is 26.3 Å². The molecule has 1 heterocycles. The summed E-state index contributed by atoms with van der Waals surface area (Å²) in [5.74, 6) is 0.667. The van der Waals surface area contributed by atoms with Crippen molar-refractivity contribution in [3.63, 3.8) is 0 Å². The molecule has 0 aliphatic rings. The Labute approximate surface area is 79.7 Å². The maximum Gasteiger partial charge on any atom is 0.0807 e. The van der Waals surface area contributed by atoms with Crippen LogP contribution in [0, 0.1) is 5.92 Å². The second kappa shape index (κ2) is 5.46. The molecule has 0 amide bonds. The van der Waals surface area contributed by atoms with Crippen LogP contribution < -0.4 is 0 Å².